The first kappa shape index (κ1) is 14.5. The summed E-state index contributed by atoms with van der Waals surface area (Å²) in [6.45, 7) is 8.46. The molecule has 17 heavy (non-hydrogen) atoms. The van der Waals surface area contributed by atoms with Gasteiger partial charge in [-0.1, -0.05) is 20.3 Å². The minimum atomic E-state index is 0.131. The van der Waals surface area contributed by atoms with Crippen molar-refractivity contribution in [1.82, 2.24) is 10.2 Å². The van der Waals surface area contributed by atoms with Crippen molar-refractivity contribution in [2.24, 2.45) is 11.7 Å². The van der Waals surface area contributed by atoms with Crippen molar-refractivity contribution < 1.29 is 4.79 Å². The zero-order valence-corrected chi connectivity index (χ0v) is 11.4. The fraction of sp³-hybridized carbons (Fsp3) is 0.923. The number of amides is 1. The quantitative estimate of drug-likeness (QED) is 0.754. The summed E-state index contributed by atoms with van der Waals surface area (Å²) in [5.41, 5.74) is 5.75. The van der Waals surface area contributed by atoms with E-state index in [9.17, 15) is 4.79 Å². The van der Waals surface area contributed by atoms with Gasteiger partial charge in [0, 0.05) is 18.6 Å². The number of likely N-dealkylation sites (tertiary alicyclic amines) is 1. The van der Waals surface area contributed by atoms with Crippen molar-refractivity contribution in [3.8, 4) is 0 Å². The van der Waals surface area contributed by atoms with E-state index in [0.717, 1.165) is 13.0 Å². The fourth-order valence-corrected chi connectivity index (χ4v) is 2.19. The maximum Gasteiger partial charge on any atom is 0.234 e. The van der Waals surface area contributed by atoms with Crippen molar-refractivity contribution in [3.63, 3.8) is 0 Å². The number of piperidine rings is 1. The molecule has 1 amide bonds. The Kier molecular flexibility index (Phi) is 5.92. The highest BCUT2D eigenvalue weighted by molar-refractivity contribution is 5.78. The van der Waals surface area contributed by atoms with Crippen LogP contribution >= 0.6 is 0 Å². The predicted octanol–water partition coefficient (Wildman–Crippen LogP) is 0.960. The van der Waals surface area contributed by atoms with Gasteiger partial charge >= 0.3 is 0 Å². The van der Waals surface area contributed by atoms with E-state index < -0.39 is 0 Å². The predicted molar refractivity (Wildman–Crippen MR) is 70.7 cm³/mol. The third-order valence-electron chi connectivity index (χ3n) is 3.76. The van der Waals surface area contributed by atoms with Crippen LogP contribution in [0.4, 0.5) is 0 Å². The first-order valence-corrected chi connectivity index (χ1v) is 6.78. The van der Waals surface area contributed by atoms with Crippen molar-refractivity contribution in [1.29, 1.82) is 0 Å². The molecule has 2 unspecified atom stereocenters. The molecule has 0 radical (unpaired) electrons. The lowest BCUT2D eigenvalue weighted by Gasteiger charge is -2.34. The summed E-state index contributed by atoms with van der Waals surface area (Å²) in [7, 11) is 0. The van der Waals surface area contributed by atoms with Crippen LogP contribution in [0, 0.1) is 5.92 Å². The van der Waals surface area contributed by atoms with E-state index in [2.05, 4.69) is 31.0 Å². The Morgan fingerprint density at radius 2 is 2.12 bits per heavy atom. The second-order valence-corrected chi connectivity index (χ2v) is 5.46. The number of nitrogens with two attached hydrogens (primary N) is 1. The molecule has 1 heterocycles. The van der Waals surface area contributed by atoms with Crippen LogP contribution in [-0.2, 0) is 4.79 Å². The summed E-state index contributed by atoms with van der Waals surface area (Å²) in [6.07, 6.45) is 3.55. The minimum Gasteiger partial charge on any atom is -0.352 e. The maximum atomic E-state index is 11.9. The van der Waals surface area contributed by atoms with Gasteiger partial charge in [-0.2, -0.15) is 0 Å². The molecule has 1 aliphatic rings. The number of nitrogens with zero attached hydrogens (tertiary/aromatic N) is 1. The Morgan fingerprint density at radius 1 is 1.41 bits per heavy atom. The van der Waals surface area contributed by atoms with Gasteiger partial charge in [-0.25, -0.2) is 0 Å². The van der Waals surface area contributed by atoms with E-state index in [0.29, 0.717) is 25.0 Å². The molecule has 0 bridgehead atoms. The molecule has 0 saturated carbocycles. The van der Waals surface area contributed by atoms with Crippen LogP contribution < -0.4 is 11.1 Å². The molecule has 100 valence electrons. The Hall–Kier alpha value is -0.610. The van der Waals surface area contributed by atoms with Gasteiger partial charge in [0.1, 0.15) is 0 Å². The van der Waals surface area contributed by atoms with Crippen molar-refractivity contribution >= 4 is 5.91 Å². The average Bonchev–Trinajstić information content (AvgIpc) is 2.29. The Morgan fingerprint density at radius 3 is 2.71 bits per heavy atom. The second-order valence-electron chi connectivity index (χ2n) is 5.46. The van der Waals surface area contributed by atoms with E-state index in [4.69, 9.17) is 5.73 Å². The smallest absolute Gasteiger partial charge is 0.234 e. The maximum absolute atomic E-state index is 11.9. The summed E-state index contributed by atoms with van der Waals surface area (Å²) in [4.78, 5) is 14.1. The number of carbonyl (C=O) groups excluding carboxylic acids is 1. The molecule has 4 nitrogen and oxygen atoms in total. The Bertz CT molecular complexity index is 243. The van der Waals surface area contributed by atoms with Gasteiger partial charge < -0.3 is 11.1 Å². The molecule has 1 fully saturated rings. The van der Waals surface area contributed by atoms with Gasteiger partial charge in [-0.3, -0.25) is 9.69 Å². The molecule has 0 aromatic heterocycles. The van der Waals surface area contributed by atoms with Gasteiger partial charge in [-0.05, 0) is 32.2 Å². The highest BCUT2D eigenvalue weighted by atomic mass is 16.2. The first-order chi connectivity index (χ1) is 8.04. The normalized spacial score (nSPS) is 23.7. The third-order valence-corrected chi connectivity index (χ3v) is 3.76. The molecule has 3 N–H and O–H groups in total. The van der Waals surface area contributed by atoms with Gasteiger partial charge in [0.15, 0.2) is 0 Å². The van der Waals surface area contributed by atoms with Crippen molar-refractivity contribution in [2.45, 2.75) is 52.1 Å². The first-order valence-electron chi connectivity index (χ1n) is 6.78. The van der Waals surface area contributed by atoms with Gasteiger partial charge in [0.05, 0.1) is 6.54 Å². The van der Waals surface area contributed by atoms with E-state index in [-0.39, 0.29) is 11.9 Å². The summed E-state index contributed by atoms with van der Waals surface area (Å²) in [5.74, 6) is 0.608. The Labute approximate surface area is 105 Å². The van der Waals surface area contributed by atoms with E-state index in [1.807, 2.05) is 0 Å². The van der Waals surface area contributed by atoms with Crippen molar-refractivity contribution in [3.05, 3.63) is 0 Å². The summed E-state index contributed by atoms with van der Waals surface area (Å²) >= 11 is 0. The molecular formula is C13H27N3O. The summed E-state index contributed by atoms with van der Waals surface area (Å²) < 4.78 is 0. The molecule has 0 aliphatic carbocycles. The fourth-order valence-electron chi connectivity index (χ4n) is 2.19. The van der Waals surface area contributed by atoms with Crippen LogP contribution in [0.25, 0.3) is 0 Å². The number of nitrogens with one attached hydrogen (secondary N) is 1. The molecule has 1 saturated heterocycles. The molecule has 1 aliphatic heterocycles. The average molecular weight is 241 g/mol. The topological polar surface area (TPSA) is 58.4 Å². The SMILES string of the molecule is CC(C)C(C)NC(=O)CN1CCCCC1CN. The van der Waals surface area contributed by atoms with Crippen LogP contribution in [0.3, 0.4) is 0 Å². The molecule has 0 spiro atoms. The van der Waals surface area contributed by atoms with Gasteiger partial charge in [0.25, 0.3) is 0 Å². The summed E-state index contributed by atoms with van der Waals surface area (Å²) in [5, 5.41) is 3.05. The van der Waals surface area contributed by atoms with E-state index >= 15 is 0 Å². The molecule has 0 aromatic carbocycles. The number of carbonyl (C=O) groups is 1. The standard InChI is InChI=1S/C13H27N3O/c1-10(2)11(3)15-13(17)9-16-7-5-4-6-12(16)8-14/h10-12H,4-9,14H2,1-3H3,(H,15,17). The van der Waals surface area contributed by atoms with Crippen LogP contribution in [0.5, 0.6) is 0 Å². The molecule has 1 rings (SSSR count). The number of rotatable bonds is 5. The lowest BCUT2D eigenvalue weighted by Crippen LogP contribution is -2.50. The van der Waals surface area contributed by atoms with E-state index in [1.165, 1.54) is 12.8 Å². The summed E-state index contributed by atoms with van der Waals surface area (Å²) in [6, 6.07) is 0.632. The second kappa shape index (κ2) is 6.97. The lowest BCUT2D eigenvalue weighted by atomic mass is 10.0. The van der Waals surface area contributed by atoms with Crippen LogP contribution in [0.1, 0.15) is 40.0 Å². The van der Waals surface area contributed by atoms with Crippen LogP contribution in [-0.4, -0.2) is 42.5 Å². The highest BCUT2D eigenvalue weighted by Gasteiger charge is 2.23. The molecule has 0 aromatic rings. The zero-order chi connectivity index (χ0) is 12.8. The zero-order valence-electron chi connectivity index (χ0n) is 11.4. The van der Waals surface area contributed by atoms with Gasteiger partial charge in [-0.15, -0.1) is 0 Å². The van der Waals surface area contributed by atoms with E-state index in [1.54, 1.807) is 0 Å². The monoisotopic (exact) mass is 241 g/mol. The van der Waals surface area contributed by atoms with Crippen LogP contribution in [0.2, 0.25) is 0 Å². The molecular weight excluding hydrogens is 214 g/mol. The Balaban J connectivity index is 2.38. The minimum absolute atomic E-state index is 0.131. The number of hydrogen-bond donors (Lipinski definition) is 2. The molecule has 2 atom stereocenters. The van der Waals surface area contributed by atoms with Gasteiger partial charge in [0.2, 0.25) is 5.91 Å². The molecule has 4 heteroatoms. The number of hydrogen-bond acceptors (Lipinski definition) is 3. The van der Waals surface area contributed by atoms with Crippen LogP contribution in [0.15, 0.2) is 0 Å². The van der Waals surface area contributed by atoms with Crippen molar-refractivity contribution in [2.75, 3.05) is 19.6 Å². The lowest BCUT2D eigenvalue weighted by molar-refractivity contribution is -0.124. The highest BCUT2D eigenvalue weighted by Crippen LogP contribution is 2.15. The largest absolute Gasteiger partial charge is 0.352 e. The third kappa shape index (κ3) is 4.64.